The normalized spacial score (nSPS) is 15.2. The third-order valence-electron chi connectivity index (χ3n) is 2.92. The first-order valence-corrected chi connectivity index (χ1v) is 6.77. The average molecular weight is 295 g/mol. The Bertz CT molecular complexity index is 561. The van der Waals surface area contributed by atoms with Crippen LogP contribution in [0.1, 0.15) is 19.8 Å². The molecule has 1 aromatic carbocycles. The number of hydrogen-bond acceptors (Lipinski definition) is 1. The molecular weight excluding hydrogens is 281 g/mol. The lowest BCUT2D eigenvalue weighted by Gasteiger charge is -2.15. The van der Waals surface area contributed by atoms with Gasteiger partial charge in [0.2, 0.25) is 5.91 Å². The summed E-state index contributed by atoms with van der Waals surface area (Å²) < 4.78 is 0. The summed E-state index contributed by atoms with van der Waals surface area (Å²) in [7, 11) is 0. The number of rotatable bonds is 3. The molecule has 0 spiro atoms. The van der Waals surface area contributed by atoms with Crippen molar-refractivity contribution in [2.24, 2.45) is 0 Å². The quantitative estimate of drug-likeness (QED) is 0.859. The van der Waals surface area contributed by atoms with Gasteiger partial charge in [-0.1, -0.05) is 47.0 Å². The number of carbonyl (C=O) groups is 1. The first-order valence-electron chi connectivity index (χ1n) is 6.01. The van der Waals surface area contributed by atoms with Crippen LogP contribution in [0.4, 0.5) is 5.69 Å². The molecule has 0 unspecified atom stereocenters. The van der Waals surface area contributed by atoms with E-state index in [1.54, 1.807) is 12.1 Å². The van der Waals surface area contributed by atoms with Crippen molar-refractivity contribution in [1.29, 1.82) is 0 Å². The van der Waals surface area contributed by atoms with E-state index in [-0.39, 0.29) is 12.3 Å². The van der Waals surface area contributed by atoms with Crippen molar-refractivity contribution in [2.75, 3.05) is 5.32 Å². The number of para-hydroxylation sites is 1. The van der Waals surface area contributed by atoms with Gasteiger partial charge in [0.05, 0.1) is 17.1 Å². The van der Waals surface area contributed by atoms with Gasteiger partial charge in [-0.2, -0.15) is 0 Å². The van der Waals surface area contributed by atoms with E-state index in [4.69, 9.17) is 23.2 Å². The molecule has 0 aliphatic heterocycles. The van der Waals surface area contributed by atoms with E-state index < -0.39 is 0 Å². The molecule has 0 bridgehead atoms. The van der Waals surface area contributed by atoms with E-state index in [2.05, 4.69) is 5.32 Å². The van der Waals surface area contributed by atoms with E-state index in [1.165, 1.54) is 0 Å². The maximum atomic E-state index is 12.0. The second kappa shape index (κ2) is 6.27. The number of allylic oxidation sites excluding steroid dienone is 3. The van der Waals surface area contributed by atoms with E-state index in [1.807, 2.05) is 31.6 Å². The van der Waals surface area contributed by atoms with Gasteiger partial charge in [-0.3, -0.25) is 4.79 Å². The predicted octanol–water partition coefficient (Wildman–Crippen LogP) is 4.72. The number of hydrogen-bond donors (Lipinski definition) is 1. The molecular formula is C15H14Cl2NO. The largest absolute Gasteiger partial charge is 0.324 e. The molecule has 0 atom stereocenters. The van der Waals surface area contributed by atoms with Crippen LogP contribution < -0.4 is 5.32 Å². The maximum absolute atomic E-state index is 12.0. The van der Waals surface area contributed by atoms with Gasteiger partial charge in [0.15, 0.2) is 0 Å². The predicted molar refractivity (Wildman–Crippen MR) is 80.3 cm³/mol. The Morgan fingerprint density at radius 1 is 1.32 bits per heavy atom. The summed E-state index contributed by atoms with van der Waals surface area (Å²) in [5.74, 6) is -0.118. The monoisotopic (exact) mass is 294 g/mol. The van der Waals surface area contributed by atoms with Gasteiger partial charge in [0.25, 0.3) is 0 Å². The molecule has 0 saturated carbocycles. The van der Waals surface area contributed by atoms with Crippen LogP contribution in [0.25, 0.3) is 0 Å². The number of halogens is 2. The van der Waals surface area contributed by atoms with Crippen LogP contribution in [-0.4, -0.2) is 5.91 Å². The lowest BCUT2D eigenvalue weighted by atomic mass is 9.98. The topological polar surface area (TPSA) is 29.1 Å². The van der Waals surface area contributed by atoms with Crippen molar-refractivity contribution in [2.45, 2.75) is 19.8 Å². The van der Waals surface area contributed by atoms with Crippen molar-refractivity contribution in [3.05, 3.63) is 58.0 Å². The summed E-state index contributed by atoms with van der Waals surface area (Å²) >= 11 is 12.2. The van der Waals surface area contributed by atoms with Gasteiger partial charge in [-0.25, -0.2) is 0 Å². The van der Waals surface area contributed by atoms with Crippen molar-refractivity contribution in [1.82, 2.24) is 0 Å². The molecule has 0 heterocycles. The molecule has 2 nitrogen and oxygen atoms in total. The summed E-state index contributed by atoms with van der Waals surface area (Å²) in [6.45, 7) is 1.95. The fourth-order valence-corrected chi connectivity index (χ4v) is 2.29. The number of carbonyl (C=O) groups excluding carboxylic acids is 1. The lowest BCUT2D eigenvalue weighted by Crippen LogP contribution is -2.13. The van der Waals surface area contributed by atoms with Crippen molar-refractivity contribution in [3.63, 3.8) is 0 Å². The Labute approximate surface area is 123 Å². The van der Waals surface area contributed by atoms with Crippen LogP contribution in [0.15, 0.2) is 46.5 Å². The Balaban J connectivity index is 2.03. The fourth-order valence-electron chi connectivity index (χ4n) is 1.89. The zero-order chi connectivity index (χ0) is 13.8. The van der Waals surface area contributed by atoms with Gasteiger partial charge in [-0.05, 0) is 37.5 Å². The summed E-state index contributed by atoms with van der Waals surface area (Å²) in [5, 5.41) is 3.98. The third kappa shape index (κ3) is 3.62. The first kappa shape index (κ1) is 14.2. The minimum Gasteiger partial charge on any atom is -0.324 e. The van der Waals surface area contributed by atoms with E-state index in [0.29, 0.717) is 15.7 Å². The van der Waals surface area contributed by atoms with Crippen molar-refractivity contribution < 1.29 is 4.79 Å². The molecule has 1 aromatic rings. The number of nitrogens with one attached hydrogen (secondary N) is 1. The molecule has 0 fully saturated rings. The average Bonchev–Trinajstić information content (AvgIpc) is 2.38. The maximum Gasteiger partial charge on any atom is 0.228 e. The fraction of sp³-hybridized carbons (Fsp3) is 0.200. The Kier molecular flexibility index (Phi) is 4.67. The van der Waals surface area contributed by atoms with Crippen molar-refractivity contribution in [3.8, 4) is 0 Å². The highest BCUT2D eigenvalue weighted by atomic mass is 35.5. The summed E-state index contributed by atoms with van der Waals surface area (Å²) in [5.41, 5.74) is 2.50. The second-order valence-corrected chi connectivity index (χ2v) is 5.16. The van der Waals surface area contributed by atoms with Crippen molar-refractivity contribution >= 4 is 34.8 Å². The molecule has 99 valence electrons. The molecule has 2 rings (SSSR count). The SMILES string of the molecule is CC1=C(Cl)C(CC(=O)Nc2ccccc2Cl)=CC[CH]1. The Morgan fingerprint density at radius 3 is 2.79 bits per heavy atom. The third-order valence-corrected chi connectivity index (χ3v) is 3.79. The molecule has 1 N–H and O–H groups in total. The summed E-state index contributed by atoms with van der Waals surface area (Å²) in [6, 6.07) is 7.16. The molecule has 1 aliphatic carbocycles. The smallest absolute Gasteiger partial charge is 0.228 e. The molecule has 1 aliphatic rings. The van der Waals surface area contributed by atoms with Crippen LogP contribution in [0, 0.1) is 6.42 Å². The van der Waals surface area contributed by atoms with Gasteiger partial charge < -0.3 is 5.32 Å². The second-order valence-electron chi connectivity index (χ2n) is 4.37. The molecule has 1 amide bonds. The zero-order valence-corrected chi connectivity index (χ0v) is 12.1. The van der Waals surface area contributed by atoms with Crippen LogP contribution in [0.5, 0.6) is 0 Å². The number of benzene rings is 1. The van der Waals surface area contributed by atoms with Gasteiger partial charge in [-0.15, -0.1) is 0 Å². The summed E-state index contributed by atoms with van der Waals surface area (Å²) in [6.07, 6.45) is 5.09. The molecule has 0 aromatic heterocycles. The standard InChI is InChI=1S/C15H14Cl2NO/c1-10-5-4-6-11(15(10)17)9-14(19)18-13-8-3-2-7-12(13)16/h2-3,5-8H,4,9H2,1H3,(H,18,19). The molecule has 0 saturated heterocycles. The molecule has 4 heteroatoms. The highest BCUT2D eigenvalue weighted by molar-refractivity contribution is 6.34. The van der Waals surface area contributed by atoms with Crippen LogP contribution in [0.3, 0.4) is 0 Å². The minimum absolute atomic E-state index is 0.118. The van der Waals surface area contributed by atoms with Crippen LogP contribution >= 0.6 is 23.2 Å². The van der Waals surface area contributed by atoms with Gasteiger partial charge in [0.1, 0.15) is 0 Å². The number of amides is 1. The zero-order valence-electron chi connectivity index (χ0n) is 10.5. The van der Waals surface area contributed by atoms with Gasteiger partial charge in [0, 0.05) is 5.03 Å². The Morgan fingerprint density at radius 2 is 2.05 bits per heavy atom. The Hall–Kier alpha value is -1.25. The summed E-state index contributed by atoms with van der Waals surface area (Å²) in [4.78, 5) is 12.0. The van der Waals surface area contributed by atoms with E-state index in [0.717, 1.165) is 17.6 Å². The van der Waals surface area contributed by atoms with Crippen LogP contribution in [-0.2, 0) is 4.79 Å². The lowest BCUT2D eigenvalue weighted by molar-refractivity contribution is -0.115. The van der Waals surface area contributed by atoms with E-state index in [9.17, 15) is 4.79 Å². The molecule has 19 heavy (non-hydrogen) atoms. The highest BCUT2D eigenvalue weighted by Gasteiger charge is 2.15. The minimum atomic E-state index is -0.118. The first-order chi connectivity index (χ1) is 9.08. The number of anilines is 1. The van der Waals surface area contributed by atoms with E-state index >= 15 is 0 Å². The highest BCUT2D eigenvalue weighted by Crippen LogP contribution is 2.30. The van der Waals surface area contributed by atoms with Gasteiger partial charge >= 0.3 is 0 Å². The molecule has 1 radical (unpaired) electrons. The van der Waals surface area contributed by atoms with Crippen LogP contribution in [0.2, 0.25) is 5.02 Å².